The largest absolute Gasteiger partial charge is 0.496 e. The molecule has 3 fully saturated rings. The van der Waals surface area contributed by atoms with Crippen LogP contribution in [0.2, 0.25) is 10.0 Å². The highest BCUT2D eigenvalue weighted by molar-refractivity contribution is 6.42. The zero-order valence-corrected chi connectivity index (χ0v) is 30.9. The summed E-state index contributed by atoms with van der Waals surface area (Å²) in [6.07, 6.45) is 6.56. The van der Waals surface area contributed by atoms with E-state index in [0.29, 0.717) is 79.0 Å². The molecule has 13 nitrogen and oxygen atoms in total. The molecule has 3 aliphatic heterocycles. The molecule has 2 atom stereocenters. The van der Waals surface area contributed by atoms with Crippen LogP contribution in [0.15, 0.2) is 67.0 Å². The van der Waals surface area contributed by atoms with Gasteiger partial charge in [0.1, 0.15) is 11.4 Å². The topological polar surface area (TPSA) is 157 Å². The molecule has 3 aliphatic rings. The summed E-state index contributed by atoms with van der Waals surface area (Å²) in [5.74, 6) is -1.07. The van der Waals surface area contributed by atoms with Crippen molar-refractivity contribution in [3.8, 4) is 17.0 Å². The molecule has 2 aromatic carbocycles. The zero-order chi connectivity index (χ0) is 37.2. The molecule has 3 saturated heterocycles. The number of benzene rings is 2. The second-order valence-electron chi connectivity index (χ2n) is 14.2. The number of hydrogen-bond donors (Lipinski definition) is 3. The predicted octanol–water partition coefficient (Wildman–Crippen LogP) is 5.46. The number of aromatic nitrogens is 4. The lowest BCUT2D eigenvalue weighted by molar-refractivity contribution is -0.141. The third-order valence-corrected chi connectivity index (χ3v) is 12.0. The van der Waals surface area contributed by atoms with Crippen molar-refractivity contribution in [1.29, 1.82) is 0 Å². The van der Waals surface area contributed by atoms with E-state index in [1.165, 1.54) is 0 Å². The first kappa shape index (κ1) is 36.6. The second kappa shape index (κ2) is 15.3. The van der Waals surface area contributed by atoms with Gasteiger partial charge in [0, 0.05) is 56.4 Å². The number of likely N-dealkylation sites (tertiary alicyclic amines) is 3. The van der Waals surface area contributed by atoms with Crippen LogP contribution in [0.25, 0.3) is 11.3 Å². The summed E-state index contributed by atoms with van der Waals surface area (Å²) >= 11 is 12.9. The van der Waals surface area contributed by atoms with E-state index in [1.807, 2.05) is 47.4 Å². The van der Waals surface area contributed by atoms with Gasteiger partial charge in [0.2, 0.25) is 0 Å². The van der Waals surface area contributed by atoms with Crippen LogP contribution >= 0.6 is 23.2 Å². The Morgan fingerprint density at radius 3 is 2.51 bits per heavy atom. The lowest BCUT2D eigenvalue weighted by Crippen LogP contribution is -2.56. The molecule has 0 radical (unpaired) electrons. The van der Waals surface area contributed by atoms with Crippen LogP contribution in [0, 0.1) is 5.92 Å². The Hall–Kier alpha value is -4.72. The highest BCUT2D eigenvalue weighted by Crippen LogP contribution is 2.42. The van der Waals surface area contributed by atoms with Crippen molar-refractivity contribution in [3.05, 3.63) is 93.9 Å². The molecular weight excluding hydrogens is 719 g/mol. The Kier molecular flexibility index (Phi) is 10.6. The van der Waals surface area contributed by atoms with E-state index in [-0.39, 0.29) is 23.9 Å². The Morgan fingerprint density at radius 2 is 1.83 bits per heavy atom. The van der Waals surface area contributed by atoms with Crippen LogP contribution in [0.1, 0.15) is 53.7 Å². The summed E-state index contributed by atoms with van der Waals surface area (Å²) in [6, 6.07) is 16.7. The maximum atomic E-state index is 14.2. The molecule has 0 saturated carbocycles. The van der Waals surface area contributed by atoms with Gasteiger partial charge in [0.25, 0.3) is 5.91 Å². The van der Waals surface area contributed by atoms with Crippen molar-refractivity contribution in [2.45, 2.75) is 43.1 Å². The highest BCUT2D eigenvalue weighted by Gasteiger charge is 2.45. The number of nitrogens with zero attached hydrogens (tertiary/aromatic N) is 6. The molecule has 5 heterocycles. The van der Waals surface area contributed by atoms with Gasteiger partial charge < -0.3 is 29.9 Å². The van der Waals surface area contributed by atoms with Crippen molar-refractivity contribution in [1.82, 2.24) is 40.4 Å². The molecule has 15 heteroatoms. The lowest BCUT2D eigenvalue weighted by Gasteiger charge is -2.43. The van der Waals surface area contributed by atoms with Crippen molar-refractivity contribution in [3.63, 3.8) is 0 Å². The highest BCUT2D eigenvalue weighted by atomic mass is 35.5. The number of carboxylic acids is 1. The number of rotatable bonds is 10. The monoisotopic (exact) mass is 760 g/mol. The molecule has 0 spiro atoms. The number of nitrogens with one attached hydrogen (secondary N) is 2. The van der Waals surface area contributed by atoms with E-state index in [0.717, 1.165) is 36.2 Å². The minimum Gasteiger partial charge on any atom is -0.496 e. The summed E-state index contributed by atoms with van der Waals surface area (Å²) in [6.45, 7) is 3.80. The summed E-state index contributed by atoms with van der Waals surface area (Å²) < 4.78 is 5.62. The smallest absolute Gasteiger partial charge is 0.318 e. The first-order chi connectivity index (χ1) is 25.6. The molecule has 53 heavy (non-hydrogen) atoms. The fourth-order valence-corrected chi connectivity index (χ4v) is 8.35. The number of amides is 3. The van der Waals surface area contributed by atoms with Gasteiger partial charge in [-0.25, -0.2) is 4.79 Å². The average molecular weight is 762 g/mol. The average Bonchev–Trinajstić information content (AvgIpc) is 3.98. The number of hydrogen-bond acceptors (Lipinski definition) is 8. The van der Waals surface area contributed by atoms with E-state index >= 15 is 0 Å². The van der Waals surface area contributed by atoms with Crippen LogP contribution in [-0.2, 0) is 15.7 Å². The first-order valence-electron chi connectivity index (χ1n) is 17.8. The fraction of sp³-hybridized carbons (Fsp3) is 0.421. The molecule has 3 N–H and O–H groups in total. The van der Waals surface area contributed by atoms with Crippen LogP contribution < -0.4 is 10.1 Å². The molecule has 0 aliphatic carbocycles. The quantitative estimate of drug-likeness (QED) is 0.191. The number of halogens is 2. The summed E-state index contributed by atoms with van der Waals surface area (Å²) in [5.41, 5.74) is 2.59. The number of carbonyl (C=O) groups excluding carboxylic acids is 2. The Balaban J connectivity index is 1.08. The lowest BCUT2D eigenvalue weighted by atomic mass is 9.76. The molecule has 4 aromatic rings. The third-order valence-electron chi connectivity index (χ3n) is 11.3. The van der Waals surface area contributed by atoms with Gasteiger partial charge in [-0.05, 0) is 86.7 Å². The number of urea groups is 1. The van der Waals surface area contributed by atoms with Gasteiger partial charge in [-0.2, -0.15) is 15.4 Å². The van der Waals surface area contributed by atoms with Crippen LogP contribution in [0.5, 0.6) is 5.75 Å². The van der Waals surface area contributed by atoms with E-state index < -0.39 is 17.4 Å². The molecular formula is C38H42Cl2N8O5. The zero-order valence-electron chi connectivity index (χ0n) is 29.4. The summed E-state index contributed by atoms with van der Waals surface area (Å²) in [5, 5.41) is 24.4. The number of aliphatic carboxylic acids is 1. The van der Waals surface area contributed by atoms with Crippen LogP contribution in [0.4, 0.5) is 4.79 Å². The fourth-order valence-electron chi connectivity index (χ4n) is 8.05. The van der Waals surface area contributed by atoms with E-state index in [9.17, 15) is 19.5 Å². The van der Waals surface area contributed by atoms with Gasteiger partial charge in [0.15, 0.2) is 0 Å². The summed E-state index contributed by atoms with van der Waals surface area (Å²) in [7, 11) is 1.56. The number of carboxylic acid groups (broad SMARTS) is 1. The van der Waals surface area contributed by atoms with Gasteiger partial charge in [-0.15, -0.1) is 0 Å². The van der Waals surface area contributed by atoms with E-state index in [2.05, 4.69) is 30.6 Å². The molecule has 278 valence electrons. The molecule has 3 amide bonds. The minimum atomic E-state index is -0.877. The van der Waals surface area contributed by atoms with Crippen molar-refractivity contribution >= 4 is 41.1 Å². The Labute approximate surface area is 317 Å². The van der Waals surface area contributed by atoms with E-state index in [4.69, 9.17) is 27.9 Å². The van der Waals surface area contributed by atoms with Gasteiger partial charge >= 0.3 is 12.0 Å². The van der Waals surface area contributed by atoms with Gasteiger partial charge in [-0.1, -0.05) is 35.3 Å². The number of pyridine rings is 1. The van der Waals surface area contributed by atoms with Gasteiger partial charge in [-0.3, -0.25) is 14.6 Å². The van der Waals surface area contributed by atoms with Crippen molar-refractivity contribution in [2.75, 3.05) is 52.9 Å². The Morgan fingerprint density at radius 1 is 1.00 bits per heavy atom. The normalized spacial score (nSPS) is 21.5. The number of H-pyrrole nitrogens is 1. The standard InChI is InChI=1S/C38H42Cl2N8O5/c1-53-32-8-5-25(31-22-42-45-44-31)20-28(32)34(49)48-19-11-37(24-48,27-6-7-29(39)30(40)21-27)10-16-46-17-12-38(13-18-46,33-4-2-3-14-41-33)43-36(52)47-15-9-26(23-47)35(50)51/h2-8,14,20-22,26H,9-13,15-19,23-24H2,1H3,(H,43,52)(H,50,51)(H,42,44,45). The Bertz CT molecular complexity index is 1960. The number of piperidine rings is 1. The molecule has 7 rings (SSSR count). The molecule has 0 bridgehead atoms. The molecule has 2 unspecified atom stereocenters. The maximum absolute atomic E-state index is 14.2. The third kappa shape index (κ3) is 7.55. The first-order valence-corrected chi connectivity index (χ1v) is 18.6. The number of ether oxygens (including phenoxy) is 1. The van der Waals surface area contributed by atoms with Gasteiger partial charge in [0.05, 0.1) is 46.1 Å². The maximum Gasteiger partial charge on any atom is 0.318 e. The van der Waals surface area contributed by atoms with Crippen molar-refractivity contribution < 1.29 is 24.2 Å². The predicted molar refractivity (Wildman–Crippen MR) is 199 cm³/mol. The van der Waals surface area contributed by atoms with Crippen LogP contribution in [-0.4, -0.2) is 111 Å². The summed E-state index contributed by atoms with van der Waals surface area (Å²) in [4.78, 5) is 49.8. The minimum absolute atomic E-state index is 0.129. The van der Waals surface area contributed by atoms with E-state index in [1.54, 1.807) is 36.5 Å². The number of methoxy groups -OCH3 is 1. The SMILES string of the molecule is COc1ccc(-c2cn[nH]n2)cc1C(=O)N1CCC(CCN2CCC(NC(=O)N3CCC(C(=O)O)C3)(c3ccccn3)CC2)(c2ccc(Cl)c(Cl)c2)C1. The van der Waals surface area contributed by atoms with Crippen LogP contribution in [0.3, 0.4) is 0 Å². The molecule has 2 aromatic heterocycles. The number of aromatic amines is 1. The second-order valence-corrected chi connectivity index (χ2v) is 15.1. The van der Waals surface area contributed by atoms with Crippen molar-refractivity contribution in [2.24, 2.45) is 5.92 Å². The number of carbonyl (C=O) groups is 3.